The lowest BCUT2D eigenvalue weighted by atomic mass is 9.48. The molecule has 0 N–H and O–H groups in total. The first kappa shape index (κ1) is 33.0. The third-order valence-electron chi connectivity index (χ3n) is 15.7. The van der Waals surface area contributed by atoms with Gasteiger partial charge in [0.15, 0.2) is 17.5 Å². The summed E-state index contributed by atoms with van der Waals surface area (Å²) in [6, 6.07) is 41.9. The lowest BCUT2D eigenvalue weighted by molar-refractivity contribution is -0.00530. The molecule has 1 aromatic heterocycles. The van der Waals surface area contributed by atoms with Gasteiger partial charge in [0.25, 0.3) is 0 Å². The average Bonchev–Trinajstić information content (AvgIpc) is 3.22. The van der Waals surface area contributed by atoms with Crippen molar-refractivity contribution in [3.05, 3.63) is 126 Å². The van der Waals surface area contributed by atoms with Crippen molar-refractivity contribution >= 4 is 10.8 Å². The first-order valence-electron chi connectivity index (χ1n) is 21.5. The second-order valence-electron chi connectivity index (χ2n) is 19.3. The van der Waals surface area contributed by atoms with Gasteiger partial charge in [0.1, 0.15) is 0 Å². The van der Waals surface area contributed by atoms with E-state index in [1.807, 2.05) is 24.3 Å². The van der Waals surface area contributed by atoms with E-state index >= 15 is 0 Å². The van der Waals surface area contributed by atoms with E-state index in [4.69, 9.17) is 15.0 Å². The molecule has 8 aliphatic carbocycles. The van der Waals surface area contributed by atoms with Gasteiger partial charge in [-0.25, -0.2) is 15.0 Å². The SMILES string of the molecule is N#Cc1ccc(-c2ccc(-c3nc(-c4ccc(C56C[C@H]7C[C@H](C5)C[C@@H](C6)C7)cc4)nc(-c4ccc(C56C[C@H]7C[C@H](C5)C[C@@H](C6)C7)cc4)n3)cc2)c2ccccc12. The Morgan fingerprint density at radius 2 is 0.768 bits per heavy atom. The van der Waals surface area contributed by atoms with E-state index in [1.165, 1.54) is 88.2 Å². The molecule has 8 fully saturated rings. The molecule has 8 aliphatic rings. The van der Waals surface area contributed by atoms with E-state index < -0.39 is 0 Å². The van der Waals surface area contributed by atoms with E-state index in [2.05, 4.69) is 91.0 Å². The third-order valence-corrected chi connectivity index (χ3v) is 15.7. The summed E-state index contributed by atoms with van der Waals surface area (Å²) in [5, 5.41) is 11.8. The second kappa shape index (κ2) is 12.4. The lowest BCUT2D eigenvalue weighted by Gasteiger charge is -2.57. The minimum atomic E-state index is 0.364. The van der Waals surface area contributed by atoms with Gasteiger partial charge in [0.2, 0.25) is 0 Å². The minimum absolute atomic E-state index is 0.364. The molecular formula is C52H48N4. The Kier molecular flexibility index (Phi) is 7.33. The number of aromatic nitrogens is 3. The Morgan fingerprint density at radius 3 is 1.16 bits per heavy atom. The van der Waals surface area contributed by atoms with Crippen LogP contribution in [0.15, 0.2) is 109 Å². The van der Waals surface area contributed by atoms with Crippen LogP contribution in [-0.2, 0) is 10.8 Å². The van der Waals surface area contributed by atoms with Gasteiger partial charge in [-0.3, -0.25) is 0 Å². The molecule has 0 atom stereocenters. The Balaban J connectivity index is 0.914. The molecule has 0 aliphatic heterocycles. The Bertz CT molecular complexity index is 2360. The van der Waals surface area contributed by atoms with E-state index in [9.17, 15) is 5.26 Å². The van der Waals surface area contributed by atoms with Crippen molar-refractivity contribution in [2.75, 3.05) is 0 Å². The highest BCUT2D eigenvalue weighted by atomic mass is 15.0. The van der Waals surface area contributed by atoms with Gasteiger partial charge in [0.05, 0.1) is 11.6 Å². The maximum absolute atomic E-state index is 9.74. The smallest absolute Gasteiger partial charge is 0.164 e. The summed E-state index contributed by atoms with van der Waals surface area (Å²) in [6.45, 7) is 0. The topological polar surface area (TPSA) is 62.5 Å². The predicted molar refractivity (Wildman–Crippen MR) is 223 cm³/mol. The molecule has 56 heavy (non-hydrogen) atoms. The normalized spacial score (nSPS) is 30.8. The molecular weight excluding hydrogens is 681 g/mol. The lowest BCUT2D eigenvalue weighted by Crippen LogP contribution is -2.48. The van der Waals surface area contributed by atoms with Gasteiger partial charge in [-0.2, -0.15) is 5.26 Å². The molecule has 6 aromatic rings. The summed E-state index contributed by atoms with van der Waals surface area (Å²) in [4.78, 5) is 15.6. The molecule has 4 nitrogen and oxygen atoms in total. The van der Waals surface area contributed by atoms with Gasteiger partial charge in [-0.15, -0.1) is 0 Å². The van der Waals surface area contributed by atoms with Crippen LogP contribution in [0, 0.1) is 46.8 Å². The van der Waals surface area contributed by atoms with Crippen LogP contribution in [0.4, 0.5) is 0 Å². The fraction of sp³-hybridized carbons (Fsp3) is 0.385. The number of hydrogen-bond donors (Lipinski definition) is 0. The largest absolute Gasteiger partial charge is 0.208 e. The van der Waals surface area contributed by atoms with Gasteiger partial charge >= 0.3 is 0 Å². The molecule has 14 rings (SSSR count). The molecule has 0 spiro atoms. The molecule has 5 aromatic carbocycles. The maximum atomic E-state index is 9.74. The standard InChI is InChI=1S/C52H48N4/c53-31-42-13-18-46(47-4-2-1-3-45(42)47)38-5-7-39(8-6-38)48-54-49(40-9-14-43(15-10-40)51-25-32-19-33(26-51)21-34(20-32)27-51)56-50(55-48)41-11-16-44(17-12-41)52-28-35-22-36(29-52)24-37(23-35)30-52/h1-18,32-37H,19-30H2/t32-,33-,34-,35-,36-,37-,51?,52?. The average molecular weight is 729 g/mol. The van der Waals surface area contributed by atoms with Crippen LogP contribution < -0.4 is 0 Å². The first-order chi connectivity index (χ1) is 27.5. The molecule has 0 saturated heterocycles. The van der Waals surface area contributed by atoms with Crippen molar-refractivity contribution in [3.8, 4) is 51.4 Å². The van der Waals surface area contributed by atoms with Crippen LogP contribution in [0.2, 0.25) is 0 Å². The summed E-state index contributed by atoms with van der Waals surface area (Å²) >= 11 is 0. The molecule has 8 saturated carbocycles. The highest BCUT2D eigenvalue weighted by Gasteiger charge is 2.52. The summed E-state index contributed by atoms with van der Waals surface area (Å²) < 4.78 is 0. The van der Waals surface area contributed by atoms with E-state index in [-0.39, 0.29) is 0 Å². The van der Waals surface area contributed by atoms with Crippen LogP contribution in [0.5, 0.6) is 0 Å². The number of nitriles is 1. The van der Waals surface area contributed by atoms with Gasteiger partial charge in [-0.05, 0) is 157 Å². The van der Waals surface area contributed by atoms with Crippen LogP contribution >= 0.6 is 0 Å². The first-order valence-corrected chi connectivity index (χ1v) is 21.5. The fourth-order valence-electron chi connectivity index (χ4n) is 14.1. The van der Waals surface area contributed by atoms with Gasteiger partial charge < -0.3 is 0 Å². The predicted octanol–water partition coefficient (Wildman–Crippen LogP) is 12.5. The number of nitrogens with zero attached hydrogens (tertiary/aromatic N) is 4. The zero-order chi connectivity index (χ0) is 37.0. The Hall–Kier alpha value is -5.14. The monoisotopic (exact) mass is 728 g/mol. The number of fused-ring (bicyclic) bond motifs is 1. The van der Waals surface area contributed by atoms with Crippen LogP contribution in [0.1, 0.15) is 93.7 Å². The van der Waals surface area contributed by atoms with E-state index in [0.29, 0.717) is 22.2 Å². The summed E-state index contributed by atoms with van der Waals surface area (Å²) in [5.74, 6) is 7.69. The fourth-order valence-corrected chi connectivity index (χ4v) is 14.1. The molecule has 276 valence electrons. The van der Waals surface area contributed by atoms with Crippen molar-refractivity contribution in [1.29, 1.82) is 5.26 Å². The van der Waals surface area contributed by atoms with Crippen molar-refractivity contribution in [3.63, 3.8) is 0 Å². The highest BCUT2D eigenvalue weighted by Crippen LogP contribution is 2.62. The van der Waals surface area contributed by atoms with E-state index in [1.54, 1.807) is 0 Å². The van der Waals surface area contributed by atoms with Crippen molar-refractivity contribution in [1.82, 2.24) is 15.0 Å². The number of benzene rings is 5. The van der Waals surface area contributed by atoms with Gasteiger partial charge in [-0.1, -0.05) is 103 Å². The quantitative estimate of drug-likeness (QED) is 0.171. The molecule has 1 heterocycles. The Morgan fingerprint density at radius 1 is 0.411 bits per heavy atom. The summed E-state index contributed by atoms with van der Waals surface area (Å²) in [5.41, 5.74) is 9.76. The summed E-state index contributed by atoms with van der Waals surface area (Å²) in [7, 11) is 0. The summed E-state index contributed by atoms with van der Waals surface area (Å²) in [6.07, 6.45) is 17.0. The molecule has 0 unspecified atom stereocenters. The molecule has 4 heteroatoms. The van der Waals surface area contributed by atoms with Crippen LogP contribution in [0.3, 0.4) is 0 Å². The van der Waals surface area contributed by atoms with Gasteiger partial charge in [0, 0.05) is 22.1 Å². The molecule has 0 radical (unpaired) electrons. The third kappa shape index (κ3) is 5.33. The minimum Gasteiger partial charge on any atom is -0.208 e. The van der Waals surface area contributed by atoms with E-state index in [0.717, 1.165) is 85.7 Å². The number of hydrogen-bond acceptors (Lipinski definition) is 4. The van der Waals surface area contributed by atoms with Crippen molar-refractivity contribution in [2.24, 2.45) is 35.5 Å². The van der Waals surface area contributed by atoms with Crippen molar-refractivity contribution in [2.45, 2.75) is 87.9 Å². The Labute approximate surface area is 330 Å². The number of rotatable bonds is 6. The molecule has 0 amide bonds. The zero-order valence-electron chi connectivity index (χ0n) is 32.1. The van der Waals surface area contributed by atoms with Crippen LogP contribution in [0.25, 0.3) is 56.1 Å². The van der Waals surface area contributed by atoms with Crippen molar-refractivity contribution < 1.29 is 0 Å². The highest BCUT2D eigenvalue weighted by molar-refractivity contribution is 5.99. The molecule has 8 bridgehead atoms. The van der Waals surface area contributed by atoms with Crippen LogP contribution in [-0.4, -0.2) is 15.0 Å². The maximum Gasteiger partial charge on any atom is 0.164 e. The second-order valence-corrected chi connectivity index (χ2v) is 19.3. The zero-order valence-corrected chi connectivity index (χ0v) is 32.1.